The number of hydrogen-bond acceptors (Lipinski definition) is 3. The Kier molecular flexibility index (Phi) is 5.83. The Hall–Kier alpha value is -3.34. The third-order valence-corrected chi connectivity index (χ3v) is 3.58. The predicted molar refractivity (Wildman–Crippen MR) is 97.7 cm³/mol. The van der Waals surface area contributed by atoms with Gasteiger partial charge in [0.15, 0.2) is 18.2 Å². The van der Waals surface area contributed by atoms with Crippen molar-refractivity contribution in [3.63, 3.8) is 0 Å². The van der Waals surface area contributed by atoms with Crippen LogP contribution in [0.2, 0.25) is 0 Å². The van der Waals surface area contributed by atoms with Crippen LogP contribution in [0.25, 0.3) is 0 Å². The van der Waals surface area contributed by atoms with E-state index in [1.807, 2.05) is 30.3 Å². The number of nitrogens with one attached hydrogen (secondary N) is 1. The average molecular weight is 351 g/mol. The topological polar surface area (TPSA) is 47.6 Å². The molecule has 132 valence electrons. The number of benzene rings is 3. The molecule has 0 fully saturated rings. The zero-order valence-electron chi connectivity index (χ0n) is 14.0. The SMILES string of the molecule is O=C(COc1ccccc1F)Nc1ccc(OCc2ccccc2)cc1. The summed E-state index contributed by atoms with van der Waals surface area (Å²) in [4.78, 5) is 11.9. The van der Waals surface area contributed by atoms with Gasteiger partial charge in [-0.15, -0.1) is 0 Å². The first kappa shape index (κ1) is 17.5. The maximum atomic E-state index is 13.4. The van der Waals surface area contributed by atoms with Crippen LogP contribution >= 0.6 is 0 Å². The minimum absolute atomic E-state index is 0.0484. The molecule has 0 spiro atoms. The molecular formula is C21H18FNO3. The lowest BCUT2D eigenvalue weighted by molar-refractivity contribution is -0.118. The van der Waals surface area contributed by atoms with E-state index in [2.05, 4.69) is 5.32 Å². The lowest BCUT2D eigenvalue weighted by Crippen LogP contribution is -2.20. The fourth-order valence-corrected chi connectivity index (χ4v) is 2.28. The van der Waals surface area contributed by atoms with E-state index >= 15 is 0 Å². The Morgan fingerprint density at radius 1 is 0.846 bits per heavy atom. The number of para-hydroxylation sites is 1. The van der Waals surface area contributed by atoms with E-state index < -0.39 is 5.82 Å². The first-order chi connectivity index (χ1) is 12.7. The fraction of sp³-hybridized carbons (Fsp3) is 0.0952. The number of halogens is 1. The lowest BCUT2D eigenvalue weighted by atomic mass is 10.2. The summed E-state index contributed by atoms with van der Waals surface area (Å²) in [5.74, 6) is -0.117. The maximum Gasteiger partial charge on any atom is 0.262 e. The van der Waals surface area contributed by atoms with Crippen LogP contribution in [0.1, 0.15) is 5.56 Å². The van der Waals surface area contributed by atoms with E-state index in [4.69, 9.17) is 9.47 Å². The molecule has 0 aliphatic rings. The number of ether oxygens (including phenoxy) is 2. The van der Waals surface area contributed by atoms with Crippen molar-refractivity contribution < 1.29 is 18.7 Å². The van der Waals surface area contributed by atoms with Gasteiger partial charge >= 0.3 is 0 Å². The Morgan fingerprint density at radius 3 is 2.27 bits per heavy atom. The molecule has 3 aromatic carbocycles. The molecule has 26 heavy (non-hydrogen) atoms. The number of anilines is 1. The summed E-state index contributed by atoms with van der Waals surface area (Å²) in [7, 11) is 0. The third kappa shape index (κ3) is 5.08. The molecule has 0 radical (unpaired) electrons. The van der Waals surface area contributed by atoms with Gasteiger partial charge in [0.05, 0.1) is 0 Å². The van der Waals surface area contributed by atoms with Crippen molar-refractivity contribution in [2.45, 2.75) is 6.61 Å². The van der Waals surface area contributed by atoms with Gasteiger partial charge < -0.3 is 14.8 Å². The summed E-state index contributed by atoms with van der Waals surface area (Å²) >= 11 is 0. The van der Waals surface area contributed by atoms with Crippen molar-refractivity contribution >= 4 is 11.6 Å². The highest BCUT2D eigenvalue weighted by Crippen LogP contribution is 2.18. The number of amides is 1. The Morgan fingerprint density at radius 2 is 1.54 bits per heavy atom. The third-order valence-electron chi connectivity index (χ3n) is 3.58. The molecule has 0 heterocycles. The van der Waals surface area contributed by atoms with Crippen LogP contribution in [0.3, 0.4) is 0 Å². The van der Waals surface area contributed by atoms with Gasteiger partial charge in [-0.25, -0.2) is 4.39 Å². The second-order valence-electron chi connectivity index (χ2n) is 5.57. The van der Waals surface area contributed by atoms with Gasteiger partial charge in [-0.3, -0.25) is 4.79 Å². The standard InChI is InChI=1S/C21H18FNO3/c22-19-8-4-5-9-20(19)26-15-21(24)23-17-10-12-18(13-11-17)25-14-16-6-2-1-3-7-16/h1-13H,14-15H2,(H,23,24). The Bertz CT molecular complexity index is 851. The van der Waals surface area contributed by atoms with E-state index in [1.165, 1.54) is 12.1 Å². The van der Waals surface area contributed by atoms with Crippen molar-refractivity contribution in [1.82, 2.24) is 0 Å². The summed E-state index contributed by atoms with van der Waals surface area (Å²) < 4.78 is 24.3. The molecule has 0 bridgehead atoms. The van der Waals surface area contributed by atoms with E-state index in [0.717, 1.165) is 5.56 Å². The number of carbonyl (C=O) groups excluding carboxylic acids is 1. The second kappa shape index (κ2) is 8.67. The van der Waals surface area contributed by atoms with E-state index in [-0.39, 0.29) is 18.3 Å². The molecular weight excluding hydrogens is 333 g/mol. The van der Waals surface area contributed by atoms with Gasteiger partial charge in [0, 0.05) is 5.69 Å². The van der Waals surface area contributed by atoms with Crippen molar-refractivity contribution in [2.75, 3.05) is 11.9 Å². The molecule has 1 N–H and O–H groups in total. The molecule has 0 aliphatic carbocycles. The van der Waals surface area contributed by atoms with Crippen LogP contribution in [-0.4, -0.2) is 12.5 Å². The largest absolute Gasteiger partial charge is 0.489 e. The van der Waals surface area contributed by atoms with Crippen LogP contribution in [0.15, 0.2) is 78.9 Å². The van der Waals surface area contributed by atoms with Gasteiger partial charge in [0.1, 0.15) is 12.4 Å². The Balaban J connectivity index is 1.47. The highest BCUT2D eigenvalue weighted by molar-refractivity contribution is 5.91. The molecule has 0 saturated heterocycles. The van der Waals surface area contributed by atoms with E-state index in [0.29, 0.717) is 18.0 Å². The molecule has 1 amide bonds. The molecule has 0 aromatic heterocycles. The predicted octanol–water partition coefficient (Wildman–Crippen LogP) is 4.42. The fourth-order valence-electron chi connectivity index (χ4n) is 2.28. The maximum absolute atomic E-state index is 13.4. The monoisotopic (exact) mass is 351 g/mol. The molecule has 0 aliphatic heterocycles. The second-order valence-corrected chi connectivity index (χ2v) is 5.57. The summed E-state index contributed by atoms with van der Waals surface area (Å²) in [6.45, 7) is 0.205. The quantitative estimate of drug-likeness (QED) is 0.685. The molecule has 3 rings (SSSR count). The van der Waals surface area contributed by atoms with Gasteiger partial charge in [-0.1, -0.05) is 42.5 Å². The molecule has 3 aromatic rings. The van der Waals surface area contributed by atoms with Crippen LogP contribution in [0.4, 0.5) is 10.1 Å². The highest BCUT2D eigenvalue weighted by atomic mass is 19.1. The van der Waals surface area contributed by atoms with Gasteiger partial charge in [0.25, 0.3) is 5.91 Å². The number of carbonyl (C=O) groups is 1. The summed E-state index contributed by atoms with van der Waals surface area (Å²) in [5, 5.41) is 2.69. The molecule has 0 saturated carbocycles. The summed E-state index contributed by atoms with van der Waals surface area (Å²) in [5.41, 5.74) is 1.69. The van der Waals surface area contributed by atoms with Crippen LogP contribution in [0, 0.1) is 5.82 Å². The van der Waals surface area contributed by atoms with Crippen molar-refractivity contribution in [1.29, 1.82) is 0 Å². The lowest BCUT2D eigenvalue weighted by Gasteiger charge is -2.09. The highest BCUT2D eigenvalue weighted by Gasteiger charge is 2.07. The van der Waals surface area contributed by atoms with E-state index in [1.54, 1.807) is 36.4 Å². The van der Waals surface area contributed by atoms with Crippen LogP contribution < -0.4 is 14.8 Å². The Labute approximate surface area is 151 Å². The van der Waals surface area contributed by atoms with Crippen LogP contribution in [-0.2, 0) is 11.4 Å². The molecule has 0 atom stereocenters. The van der Waals surface area contributed by atoms with E-state index in [9.17, 15) is 9.18 Å². The van der Waals surface area contributed by atoms with Crippen molar-refractivity contribution in [2.24, 2.45) is 0 Å². The van der Waals surface area contributed by atoms with Crippen molar-refractivity contribution in [3.8, 4) is 11.5 Å². The molecule has 0 unspecified atom stereocenters. The zero-order valence-corrected chi connectivity index (χ0v) is 14.0. The van der Waals surface area contributed by atoms with Gasteiger partial charge in [-0.05, 0) is 42.0 Å². The van der Waals surface area contributed by atoms with Gasteiger partial charge in [0.2, 0.25) is 0 Å². The average Bonchev–Trinajstić information content (AvgIpc) is 2.68. The smallest absolute Gasteiger partial charge is 0.262 e. The summed E-state index contributed by atoms with van der Waals surface area (Å²) in [6.07, 6.45) is 0. The molecule has 5 heteroatoms. The van der Waals surface area contributed by atoms with Gasteiger partial charge in [-0.2, -0.15) is 0 Å². The first-order valence-corrected chi connectivity index (χ1v) is 8.15. The number of rotatable bonds is 7. The first-order valence-electron chi connectivity index (χ1n) is 8.15. The molecule has 4 nitrogen and oxygen atoms in total. The van der Waals surface area contributed by atoms with Crippen molar-refractivity contribution in [3.05, 3.63) is 90.2 Å². The zero-order chi connectivity index (χ0) is 18.2. The number of hydrogen-bond donors (Lipinski definition) is 1. The minimum atomic E-state index is -0.500. The minimum Gasteiger partial charge on any atom is -0.489 e. The van der Waals surface area contributed by atoms with Crippen LogP contribution in [0.5, 0.6) is 11.5 Å². The summed E-state index contributed by atoms with van der Waals surface area (Å²) in [6, 6.07) is 22.8. The normalized spacial score (nSPS) is 10.2.